The van der Waals surface area contributed by atoms with E-state index in [1.54, 1.807) is 11.8 Å². The average Bonchev–Trinajstić information content (AvgIpc) is 2.42. The van der Waals surface area contributed by atoms with Crippen molar-refractivity contribution in [3.63, 3.8) is 0 Å². The molecule has 106 valence electrons. The van der Waals surface area contributed by atoms with Crippen molar-refractivity contribution in [2.75, 3.05) is 6.54 Å². The minimum atomic E-state index is 0.641. The summed E-state index contributed by atoms with van der Waals surface area (Å²) in [4.78, 5) is 10.4. The van der Waals surface area contributed by atoms with Crippen LogP contribution < -0.4 is 5.73 Å². The van der Waals surface area contributed by atoms with Crippen molar-refractivity contribution in [3.05, 3.63) is 52.6 Å². The number of hydrogen-bond donors (Lipinski definition) is 1. The van der Waals surface area contributed by atoms with Crippen molar-refractivity contribution in [2.45, 2.75) is 37.8 Å². The Kier molecular flexibility index (Phi) is 5.15. The van der Waals surface area contributed by atoms with E-state index < -0.39 is 0 Å². The van der Waals surface area contributed by atoms with Gasteiger partial charge in [0.05, 0.1) is 5.75 Å². The lowest BCUT2D eigenvalue weighted by molar-refractivity contribution is 0.868. The maximum atomic E-state index is 5.62. The van der Waals surface area contributed by atoms with E-state index >= 15 is 0 Å². The van der Waals surface area contributed by atoms with Crippen LogP contribution in [0.3, 0.4) is 0 Å². The van der Waals surface area contributed by atoms with Gasteiger partial charge in [-0.1, -0.05) is 17.7 Å². The molecule has 0 aliphatic carbocycles. The van der Waals surface area contributed by atoms with Crippen molar-refractivity contribution in [1.82, 2.24) is 9.97 Å². The highest BCUT2D eigenvalue weighted by Crippen LogP contribution is 2.22. The SMILES string of the molecule is Cc1ccc(SCc2nc(C)c(CCN)c(C)n2)cc1. The molecule has 0 bridgehead atoms. The van der Waals surface area contributed by atoms with Gasteiger partial charge in [0.1, 0.15) is 5.82 Å². The predicted molar refractivity (Wildman–Crippen MR) is 85.0 cm³/mol. The first-order chi connectivity index (χ1) is 9.60. The summed E-state index contributed by atoms with van der Waals surface area (Å²) in [6.45, 7) is 6.82. The first-order valence-corrected chi connectivity index (χ1v) is 7.81. The normalized spacial score (nSPS) is 10.8. The second-order valence-electron chi connectivity index (χ2n) is 4.93. The Balaban J connectivity index is 2.08. The van der Waals surface area contributed by atoms with Crippen LogP contribution >= 0.6 is 11.8 Å². The standard InChI is InChI=1S/C16H21N3S/c1-11-4-6-14(7-5-11)20-10-16-18-12(2)15(8-9-17)13(3)19-16/h4-7H,8-10,17H2,1-3H3. The Morgan fingerprint density at radius 1 is 1.00 bits per heavy atom. The molecule has 0 aliphatic heterocycles. The number of aryl methyl sites for hydroxylation is 3. The third-order valence-electron chi connectivity index (χ3n) is 3.25. The number of nitrogens with zero attached hydrogens (tertiary/aromatic N) is 2. The molecule has 0 spiro atoms. The van der Waals surface area contributed by atoms with Gasteiger partial charge in [0.15, 0.2) is 0 Å². The molecule has 1 aromatic carbocycles. The zero-order valence-electron chi connectivity index (χ0n) is 12.3. The number of aromatic nitrogens is 2. The van der Waals surface area contributed by atoms with Crippen LogP contribution in [0.2, 0.25) is 0 Å². The second-order valence-corrected chi connectivity index (χ2v) is 5.98. The van der Waals surface area contributed by atoms with Crippen molar-refractivity contribution in [2.24, 2.45) is 5.73 Å². The quantitative estimate of drug-likeness (QED) is 0.858. The first kappa shape index (κ1) is 15.0. The lowest BCUT2D eigenvalue weighted by Crippen LogP contribution is -2.10. The summed E-state index contributed by atoms with van der Waals surface area (Å²) in [6.07, 6.45) is 0.850. The van der Waals surface area contributed by atoms with Gasteiger partial charge in [0, 0.05) is 16.3 Å². The Morgan fingerprint density at radius 2 is 1.60 bits per heavy atom. The van der Waals surface area contributed by atoms with Crippen molar-refractivity contribution in [1.29, 1.82) is 0 Å². The fourth-order valence-corrected chi connectivity index (χ4v) is 2.92. The van der Waals surface area contributed by atoms with Crippen LogP contribution in [0.1, 0.15) is 28.3 Å². The van der Waals surface area contributed by atoms with E-state index in [-0.39, 0.29) is 0 Å². The first-order valence-electron chi connectivity index (χ1n) is 6.82. The summed E-state index contributed by atoms with van der Waals surface area (Å²) in [5.41, 5.74) is 10.2. The molecule has 2 rings (SSSR count). The number of benzene rings is 1. The van der Waals surface area contributed by atoms with E-state index in [1.165, 1.54) is 16.0 Å². The highest BCUT2D eigenvalue weighted by atomic mass is 32.2. The zero-order valence-corrected chi connectivity index (χ0v) is 13.1. The van der Waals surface area contributed by atoms with Gasteiger partial charge in [-0.25, -0.2) is 9.97 Å². The molecule has 1 aromatic heterocycles. The van der Waals surface area contributed by atoms with Crippen LogP contribution in [-0.4, -0.2) is 16.5 Å². The fraction of sp³-hybridized carbons (Fsp3) is 0.375. The minimum absolute atomic E-state index is 0.641. The van der Waals surface area contributed by atoms with Gasteiger partial charge in [-0.05, 0) is 51.4 Å². The summed E-state index contributed by atoms with van der Waals surface area (Å²) in [5, 5.41) is 0. The predicted octanol–water partition coefficient (Wildman–Crippen LogP) is 3.20. The molecular formula is C16H21N3S. The van der Waals surface area contributed by atoms with Crippen LogP contribution in [0.25, 0.3) is 0 Å². The van der Waals surface area contributed by atoms with E-state index in [1.807, 2.05) is 13.8 Å². The Hall–Kier alpha value is -1.39. The summed E-state index contributed by atoms with van der Waals surface area (Å²) < 4.78 is 0. The molecule has 0 amide bonds. The molecule has 0 fully saturated rings. The molecule has 2 N–H and O–H groups in total. The van der Waals surface area contributed by atoms with Crippen LogP contribution in [0.4, 0.5) is 0 Å². The summed E-state index contributed by atoms with van der Waals surface area (Å²) in [6, 6.07) is 8.54. The van der Waals surface area contributed by atoms with E-state index in [9.17, 15) is 0 Å². The van der Waals surface area contributed by atoms with Gasteiger partial charge in [0.2, 0.25) is 0 Å². The molecule has 0 atom stereocenters. The number of nitrogens with two attached hydrogens (primary N) is 1. The van der Waals surface area contributed by atoms with E-state index in [2.05, 4.69) is 41.2 Å². The maximum absolute atomic E-state index is 5.62. The number of hydrogen-bond acceptors (Lipinski definition) is 4. The van der Waals surface area contributed by atoms with E-state index in [4.69, 9.17) is 5.73 Å². The van der Waals surface area contributed by atoms with Gasteiger partial charge >= 0.3 is 0 Å². The lowest BCUT2D eigenvalue weighted by Gasteiger charge is -2.10. The topological polar surface area (TPSA) is 51.8 Å². The van der Waals surface area contributed by atoms with Gasteiger partial charge in [-0.2, -0.15) is 0 Å². The fourth-order valence-electron chi connectivity index (χ4n) is 2.16. The Bertz CT molecular complexity index is 556. The highest BCUT2D eigenvalue weighted by molar-refractivity contribution is 7.98. The number of rotatable bonds is 5. The molecular weight excluding hydrogens is 266 g/mol. The molecule has 2 aromatic rings. The van der Waals surface area contributed by atoms with Crippen LogP contribution in [0.15, 0.2) is 29.2 Å². The largest absolute Gasteiger partial charge is 0.330 e. The molecule has 20 heavy (non-hydrogen) atoms. The summed E-state index contributed by atoms with van der Waals surface area (Å²) >= 11 is 1.77. The van der Waals surface area contributed by atoms with Crippen molar-refractivity contribution in [3.8, 4) is 0 Å². The van der Waals surface area contributed by atoms with Crippen LogP contribution in [0, 0.1) is 20.8 Å². The summed E-state index contributed by atoms with van der Waals surface area (Å²) in [5.74, 6) is 1.69. The third kappa shape index (κ3) is 3.81. The van der Waals surface area contributed by atoms with Gasteiger partial charge < -0.3 is 5.73 Å². The average molecular weight is 287 g/mol. The Labute approximate surface area is 125 Å². The molecule has 0 unspecified atom stereocenters. The van der Waals surface area contributed by atoms with Crippen molar-refractivity contribution < 1.29 is 0 Å². The van der Waals surface area contributed by atoms with E-state index in [0.717, 1.165) is 29.4 Å². The van der Waals surface area contributed by atoms with Crippen molar-refractivity contribution >= 4 is 11.8 Å². The maximum Gasteiger partial charge on any atom is 0.139 e. The molecule has 0 radical (unpaired) electrons. The van der Waals surface area contributed by atoms with Gasteiger partial charge in [0.25, 0.3) is 0 Å². The monoisotopic (exact) mass is 287 g/mol. The highest BCUT2D eigenvalue weighted by Gasteiger charge is 2.08. The molecule has 0 saturated carbocycles. The minimum Gasteiger partial charge on any atom is -0.330 e. The molecule has 4 heteroatoms. The van der Waals surface area contributed by atoms with Gasteiger partial charge in [-0.15, -0.1) is 11.8 Å². The second kappa shape index (κ2) is 6.86. The van der Waals surface area contributed by atoms with Gasteiger partial charge in [-0.3, -0.25) is 0 Å². The van der Waals surface area contributed by atoms with Crippen LogP contribution in [0.5, 0.6) is 0 Å². The smallest absolute Gasteiger partial charge is 0.139 e. The van der Waals surface area contributed by atoms with E-state index in [0.29, 0.717) is 6.54 Å². The number of thioether (sulfide) groups is 1. The molecule has 1 heterocycles. The lowest BCUT2D eigenvalue weighted by atomic mass is 10.1. The Morgan fingerprint density at radius 3 is 2.15 bits per heavy atom. The van der Waals surface area contributed by atoms with Crippen LogP contribution in [-0.2, 0) is 12.2 Å². The third-order valence-corrected chi connectivity index (χ3v) is 4.26. The molecule has 3 nitrogen and oxygen atoms in total. The molecule has 0 aliphatic rings. The zero-order chi connectivity index (χ0) is 14.5. The molecule has 0 saturated heterocycles. The summed E-state index contributed by atoms with van der Waals surface area (Å²) in [7, 11) is 0.